The van der Waals surface area contributed by atoms with Crippen molar-refractivity contribution in [1.29, 1.82) is 0 Å². The van der Waals surface area contributed by atoms with Gasteiger partial charge in [-0.1, -0.05) is 65.7 Å². The van der Waals surface area contributed by atoms with Crippen LogP contribution in [0.25, 0.3) is 33.8 Å². The van der Waals surface area contributed by atoms with Gasteiger partial charge in [-0.05, 0) is 49.1 Å². The summed E-state index contributed by atoms with van der Waals surface area (Å²) in [5, 5.41) is 5.99. The lowest BCUT2D eigenvalue weighted by atomic mass is 9.98. The van der Waals surface area contributed by atoms with Crippen LogP contribution < -0.4 is 0 Å². The summed E-state index contributed by atoms with van der Waals surface area (Å²) < 4.78 is 2.04. The first-order valence-corrected chi connectivity index (χ1v) is 9.03. The van der Waals surface area contributed by atoms with Crippen LogP contribution in [-0.4, -0.2) is 9.78 Å². The van der Waals surface area contributed by atoms with E-state index < -0.39 is 0 Å². The van der Waals surface area contributed by atoms with Crippen LogP contribution in [0.1, 0.15) is 23.6 Å². The third kappa shape index (κ3) is 2.46. The molecule has 1 aromatic heterocycles. The summed E-state index contributed by atoms with van der Waals surface area (Å²) in [5.74, 6) is 0. The van der Waals surface area contributed by atoms with Crippen molar-refractivity contribution >= 4 is 17.0 Å². The molecule has 0 aliphatic heterocycles. The monoisotopic (exact) mass is 336 g/mol. The third-order valence-electron chi connectivity index (χ3n) is 5.15. The van der Waals surface area contributed by atoms with Crippen LogP contribution in [0.15, 0.2) is 72.4 Å². The second kappa shape index (κ2) is 5.70. The first kappa shape index (κ1) is 15.2. The molecule has 1 aliphatic carbocycles. The molecule has 0 fully saturated rings. The van der Waals surface area contributed by atoms with E-state index in [9.17, 15) is 0 Å². The van der Waals surface area contributed by atoms with Crippen molar-refractivity contribution in [3.05, 3.63) is 89.1 Å². The fourth-order valence-electron chi connectivity index (χ4n) is 3.80. The number of hydrogen-bond acceptors (Lipinski definition) is 1. The highest BCUT2D eigenvalue weighted by atomic mass is 15.3. The zero-order valence-electron chi connectivity index (χ0n) is 15.0. The fourth-order valence-corrected chi connectivity index (χ4v) is 3.80. The summed E-state index contributed by atoms with van der Waals surface area (Å²) in [7, 11) is 0. The highest BCUT2D eigenvalue weighted by Crippen LogP contribution is 2.35. The Labute approximate surface area is 153 Å². The van der Waals surface area contributed by atoms with Gasteiger partial charge < -0.3 is 0 Å². The summed E-state index contributed by atoms with van der Waals surface area (Å²) in [6, 6.07) is 21.6. The Morgan fingerprint density at radius 2 is 1.69 bits per heavy atom. The second-order valence-electron chi connectivity index (χ2n) is 7.23. The molecular formula is C24H20N2. The lowest BCUT2D eigenvalue weighted by Gasteiger charge is -2.12. The zero-order chi connectivity index (χ0) is 17.7. The van der Waals surface area contributed by atoms with Crippen LogP contribution in [0.2, 0.25) is 0 Å². The van der Waals surface area contributed by atoms with Crippen molar-refractivity contribution in [3.8, 4) is 16.8 Å². The average Bonchev–Trinajstić information content (AvgIpc) is 3.23. The molecule has 1 aliphatic rings. The van der Waals surface area contributed by atoms with Gasteiger partial charge in [0.25, 0.3) is 0 Å². The molecule has 0 saturated carbocycles. The molecule has 0 bridgehead atoms. The Hall–Kier alpha value is -3.13. The molecule has 2 nitrogen and oxygen atoms in total. The van der Waals surface area contributed by atoms with Crippen molar-refractivity contribution in [2.45, 2.75) is 20.3 Å². The molecule has 0 amide bonds. The van der Waals surface area contributed by atoms with Crippen molar-refractivity contribution < 1.29 is 0 Å². The van der Waals surface area contributed by atoms with Gasteiger partial charge in [0, 0.05) is 17.1 Å². The molecule has 0 saturated heterocycles. The molecule has 5 rings (SSSR count). The smallest absolute Gasteiger partial charge is 0.0927 e. The maximum atomic E-state index is 4.82. The Morgan fingerprint density at radius 1 is 0.885 bits per heavy atom. The van der Waals surface area contributed by atoms with Gasteiger partial charge in [-0.25, -0.2) is 4.68 Å². The van der Waals surface area contributed by atoms with Gasteiger partial charge in [0.15, 0.2) is 0 Å². The van der Waals surface area contributed by atoms with Gasteiger partial charge >= 0.3 is 0 Å². The van der Waals surface area contributed by atoms with Crippen LogP contribution in [0.4, 0.5) is 0 Å². The first-order valence-electron chi connectivity index (χ1n) is 9.03. The quantitative estimate of drug-likeness (QED) is 0.441. The summed E-state index contributed by atoms with van der Waals surface area (Å²) in [6.07, 6.45) is 5.45. The summed E-state index contributed by atoms with van der Waals surface area (Å²) in [5.41, 5.74) is 10.1. The number of allylic oxidation sites excluding steroid dienone is 1. The standard InChI is InChI=1S/C24H20N2/c1-16-7-9-18(10-8-16)20-13-21-11-17(2)12-22(21)24(14-20)26-15-19-5-3-4-6-23(19)25-26/h3-10,12-15H,11H2,1-2H3. The summed E-state index contributed by atoms with van der Waals surface area (Å²) in [6.45, 7) is 4.33. The van der Waals surface area contributed by atoms with Gasteiger partial charge in [0.05, 0.1) is 11.2 Å². The number of hydrogen-bond donors (Lipinski definition) is 0. The minimum absolute atomic E-state index is 1.02. The first-order chi connectivity index (χ1) is 12.7. The third-order valence-corrected chi connectivity index (χ3v) is 5.15. The van der Waals surface area contributed by atoms with Crippen molar-refractivity contribution in [3.63, 3.8) is 0 Å². The van der Waals surface area contributed by atoms with E-state index in [4.69, 9.17) is 5.10 Å². The van der Waals surface area contributed by atoms with Crippen molar-refractivity contribution in [1.82, 2.24) is 9.78 Å². The van der Waals surface area contributed by atoms with Crippen molar-refractivity contribution in [2.75, 3.05) is 0 Å². The lowest BCUT2D eigenvalue weighted by Crippen LogP contribution is -2.00. The number of nitrogens with zero attached hydrogens (tertiary/aromatic N) is 2. The van der Waals surface area contributed by atoms with Gasteiger partial charge in [-0.3, -0.25) is 0 Å². The van der Waals surface area contributed by atoms with Crippen LogP contribution in [0, 0.1) is 6.92 Å². The van der Waals surface area contributed by atoms with E-state index in [1.165, 1.54) is 38.8 Å². The Kier molecular flexibility index (Phi) is 3.32. The highest BCUT2D eigenvalue weighted by Gasteiger charge is 2.18. The Morgan fingerprint density at radius 3 is 2.50 bits per heavy atom. The highest BCUT2D eigenvalue weighted by molar-refractivity contribution is 5.81. The molecule has 0 unspecified atom stereocenters. The van der Waals surface area contributed by atoms with E-state index in [0.29, 0.717) is 0 Å². The van der Waals surface area contributed by atoms with Crippen LogP contribution in [-0.2, 0) is 6.42 Å². The molecule has 1 heterocycles. The number of fused-ring (bicyclic) bond motifs is 2. The minimum atomic E-state index is 1.02. The van der Waals surface area contributed by atoms with E-state index >= 15 is 0 Å². The SMILES string of the molecule is CC1=Cc2c(cc(-c3ccc(C)cc3)cc2-n2cc3ccccc3n2)C1. The average molecular weight is 336 g/mol. The second-order valence-corrected chi connectivity index (χ2v) is 7.23. The summed E-state index contributed by atoms with van der Waals surface area (Å²) >= 11 is 0. The van der Waals surface area contributed by atoms with Crippen LogP contribution in [0.5, 0.6) is 0 Å². The molecule has 2 heteroatoms. The van der Waals surface area contributed by atoms with Gasteiger partial charge in [0.1, 0.15) is 0 Å². The lowest BCUT2D eigenvalue weighted by molar-refractivity contribution is 0.893. The van der Waals surface area contributed by atoms with E-state index in [0.717, 1.165) is 17.6 Å². The fraction of sp³-hybridized carbons (Fsp3) is 0.125. The number of aryl methyl sites for hydroxylation is 1. The van der Waals surface area contributed by atoms with E-state index in [1.807, 2.05) is 10.7 Å². The number of rotatable bonds is 2. The molecule has 0 atom stereocenters. The normalized spacial score (nSPS) is 13.1. The predicted molar refractivity (Wildman–Crippen MR) is 109 cm³/mol. The van der Waals surface area contributed by atoms with E-state index in [1.54, 1.807) is 0 Å². The molecule has 26 heavy (non-hydrogen) atoms. The maximum Gasteiger partial charge on any atom is 0.0927 e. The van der Waals surface area contributed by atoms with Gasteiger partial charge in [-0.2, -0.15) is 5.10 Å². The summed E-state index contributed by atoms with van der Waals surface area (Å²) in [4.78, 5) is 0. The van der Waals surface area contributed by atoms with Gasteiger partial charge in [0.2, 0.25) is 0 Å². The minimum Gasteiger partial charge on any atom is -0.239 e. The molecule has 0 N–H and O–H groups in total. The Bertz CT molecular complexity index is 1130. The molecule has 4 aromatic rings. The van der Waals surface area contributed by atoms with E-state index in [-0.39, 0.29) is 0 Å². The largest absolute Gasteiger partial charge is 0.239 e. The molecule has 0 radical (unpaired) electrons. The van der Waals surface area contributed by atoms with Crippen LogP contribution >= 0.6 is 0 Å². The predicted octanol–water partition coefficient (Wildman–Crippen LogP) is 5.96. The van der Waals surface area contributed by atoms with Crippen molar-refractivity contribution in [2.24, 2.45) is 0 Å². The van der Waals surface area contributed by atoms with Gasteiger partial charge in [-0.15, -0.1) is 0 Å². The number of benzene rings is 3. The zero-order valence-corrected chi connectivity index (χ0v) is 15.0. The van der Waals surface area contributed by atoms with E-state index in [2.05, 4.69) is 80.7 Å². The number of aromatic nitrogens is 2. The molecular weight excluding hydrogens is 316 g/mol. The van der Waals surface area contributed by atoms with Crippen LogP contribution in [0.3, 0.4) is 0 Å². The topological polar surface area (TPSA) is 17.8 Å². The molecule has 3 aromatic carbocycles. The molecule has 0 spiro atoms. The molecule has 126 valence electrons. The maximum absolute atomic E-state index is 4.82. The Balaban J connectivity index is 1.73.